The van der Waals surface area contributed by atoms with Gasteiger partial charge in [-0.3, -0.25) is 4.79 Å². The summed E-state index contributed by atoms with van der Waals surface area (Å²) >= 11 is 0. The molecule has 0 saturated heterocycles. The van der Waals surface area contributed by atoms with Crippen molar-refractivity contribution in [3.63, 3.8) is 0 Å². The lowest BCUT2D eigenvalue weighted by atomic mass is 9.85. The molecule has 4 aromatic rings. The van der Waals surface area contributed by atoms with Gasteiger partial charge in [-0.05, 0) is 43.7 Å². The van der Waals surface area contributed by atoms with E-state index in [1.54, 1.807) is 12.1 Å². The second kappa shape index (κ2) is 9.01. The number of carbonyl (C=O) groups excluding carboxylic acids is 1. The van der Waals surface area contributed by atoms with Crippen LogP contribution in [0.25, 0.3) is 17.2 Å². The van der Waals surface area contributed by atoms with Crippen LogP contribution in [0.5, 0.6) is 5.75 Å². The maximum absolute atomic E-state index is 13.3. The Morgan fingerprint density at radius 2 is 1.97 bits per heavy atom. The molecular formula is C25H23FN6O2. The van der Waals surface area contributed by atoms with Gasteiger partial charge in [0.05, 0.1) is 24.2 Å². The molecule has 172 valence electrons. The minimum Gasteiger partial charge on any atom is -0.493 e. The predicted octanol–water partition coefficient (Wildman–Crippen LogP) is 4.43. The first-order valence-corrected chi connectivity index (χ1v) is 11.1. The van der Waals surface area contributed by atoms with Gasteiger partial charge < -0.3 is 10.1 Å². The predicted molar refractivity (Wildman–Crippen MR) is 124 cm³/mol. The molecule has 1 aliphatic rings. The minimum atomic E-state index is -0.334. The Bertz CT molecular complexity index is 1350. The molecule has 0 spiro atoms. The van der Waals surface area contributed by atoms with Gasteiger partial charge in [0.2, 0.25) is 5.91 Å². The van der Waals surface area contributed by atoms with Crippen LogP contribution in [-0.2, 0) is 4.79 Å². The van der Waals surface area contributed by atoms with Crippen molar-refractivity contribution in [2.75, 3.05) is 11.9 Å². The Balaban J connectivity index is 1.59. The van der Waals surface area contributed by atoms with E-state index in [4.69, 9.17) is 4.74 Å². The molecule has 3 heterocycles. The number of ether oxygens (including phenoxy) is 1. The number of halogens is 1. The van der Waals surface area contributed by atoms with Gasteiger partial charge in [0.25, 0.3) is 5.95 Å². The quantitative estimate of drug-likeness (QED) is 0.459. The zero-order valence-electron chi connectivity index (χ0n) is 18.8. The van der Waals surface area contributed by atoms with Gasteiger partial charge in [0.15, 0.2) is 0 Å². The first kappa shape index (κ1) is 21.7. The van der Waals surface area contributed by atoms with Crippen molar-refractivity contribution < 1.29 is 13.9 Å². The monoisotopic (exact) mass is 458 g/mol. The lowest BCUT2D eigenvalue weighted by molar-refractivity contribution is -0.116. The lowest BCUT2D eigenvalue weighted by Crippen LogP contribution is -2.25. The summed E-state index contributed by atoms with van der Waals surface area (Å²) in [5.74, 6) is 0.799. The fourth-order valence-corrected chi connectivity index (χ4v) is 4.21. The van der Waals surface area contributed by atoms with E-state index in [0.29, 0.717) is 23.7 Å². The molecule has 1 N–H and O–H groups in total. The van der Waals surface area contributed by atoms with Crippen LogP contribution in [0.15, 0.2) is 54.7 Å². The fraction of sp³-hybridized carbons (Fsp3) is 0.240. The number of carbonyl (C=O) groups is 1. The fourth-order valence-electron chi connectivity index (χ4n) is 4.21. The maximum Gasteiger partial charge on any atom is 0.272 e. The van der Waals surface area contributed by atoms with Crippen molar-refractivity contribution in [1.29, 1.82) is 0 Å². The van der Waals surface area contributed by atoms with Crippen molar-refractivity contribution in [3.05, 3.63) is 77.4 Å². The van der Waals surface area contributed by atoms with E-state index in [-0.39, 0.29) is 30.0 Å². The van der Waals surface area contributed by atoms with E-state index in [2.05, 4.69) is 32.5 Å². The molecule has 1 atom stereocenters. The van der Waals surface area contributed by atoms with Crippen LogP contribution >= 0.6 is 0 Å². The summed E-state index contributed by atoms with van der Waals surface area (Å²) in [6, 6.07) is 13.8. The molecule has 5 rings (SSSR count). The number of amides is 1. The molecular weight excluding hydrogens is 435 g/mol. The highest BCUT2D eigenvalue weighted by molar-refractivity contribution is 5.95. The molecule has 0 fully saturated rings. The first-order chi connectivity index (χ1) is 16.5. The summed E-state index contributed by atoms with van der Waals surface area (Å²) < 4.78 is 20.8. The molecule has 0 radical (unpaired) electrons. The molecule has 1 amide bonds. The number of nitrogens with one attached hydrogen (secondary N) is 1. The number of aryl methyl sites for hydroxylation is 1. The summed E-state index contributed by atoms with van der Waals surface area (Å²) in [5.41, 5.74) is 3.79. The molecule has 9 heteroatoms. The third-order valence-electron chi connectivity index (χ3n) is 5.74. The van der Waals surface area contributed by atoms with Crippen molar-refractivity contribution in [3.8, 4) is 23.0 Å². The minimum absolute atomic E-state index is 0.133. The number of aromatic nitrogens is 5. The number of para-hydroxylation sites is 1. The maximum atomic E-state index is 13.3. The van der Waals surface area contributed by atoms with E-state index in [9.17, 15) is 9.18 Å². The van der Waals surface area contributed by atoms with E-state index >= 15 is 0 Å². The molecule has 2 aromatic heterocycles. The van der Waals surface area contributed by atoms with Crippen LogP contribution in [0.2, 0.25) is 0 Å². The number of nitrogens with zero attached hydrogens (tertiary/aromatic N) is 5. The third kappa shape index (κ3) is 4.00. The van der Waals surface area contributed by atoms with Crippen LogP contribution < -0.4 is 10.1 Å². The summed E-state index contributed by atoms with van der Waals surface area (Å²) in [6.07, 6.45) is 2.67. The highest BCUT2D eigenvalue weighted by Gasteiger charge is 2.34. The summed E-state index contributed by atoms with van der Waals surface area (Å²) in [5, 5.41) is 15.8. The van der Waals surface area contributed by atoms with E-state index in [0.717, 1.165) is 29.0 Å². The summed E-state index contributed by atoms with van der Waals surface area (Å²) in [4.78, 5) is 17.3. The molecule has 0 unspecified atom stereocenters. The van der Waals surface area contributed by atoms with Gasteiger partial charge in [-0.1, -0.05) is 25.1 Å². The van der Waals surface area contributed by atoms with Crippen molar-refractivity contribution in [1.82, 2.24) is 25.0 Å². The van der Waals surface area contributed by atoms with Gasteiger partial charge in [0.1, 0.15) is 17.4 Å². The van der Waals surface area contributed by atoms with Gasteiger partial charge in [-0.15, -0.1) is 5.10 Å². The summed E-state index contributed by atoms with van der Waals surface area (Å²) in [6.45, 7) is 4.54. The van der Waals surface area contributed by atoms with Gasteiger partial charge in [0, 0.05) is 29.0 Å². The van der Waals surface area contributed by atoms with Gasteiger partial charge in [-0.2, -0.15) is 14.9 Å². The Morgan fingerprint density at radius 3 is 2.76 bits per heavy atom. The highest BCUT2D eigenvalue weighted by Crippen LogP contribution is 2.42. The number of hydrogen-bond acceptors (Lipinski definition) is 6. The Morgan fingerprint density at radius 1 is 1.18 bits per heavy atom. The Labute approximate surface area is 195 Å². The zero-order chi connectivity index (χ0) is 23.7. The highest BCUT2D eigenvalue weighted by atomic mass is 19.1. The van der Waals surface area contributed by atoms with Crippen molar-refractivity contribution in [2.24, 2.45) is 0 Å². The molecule has 1 aliphatic heterocycles. The molecule has 0 bridgehead atoms. The van der Waals surface area contributed by atoms with Gasteiger partial charge >= 0.3 is 0 Å². The normalized spacial score (nSPS) is 15.0. The Hall–Kier alpha value is -4.14. The van der Waals surface area contributed by atoms with Crippen molar-refractivity contribution >= 4 is 11.7 Å². The van der Waals surface area contributed by atoms with Crippen LogP contribution in [0.4, 0.5) is 10.2 Å². The van der Waals surface area contributed by atoms with E-state index < -0.39 is 0 Å². The van der Waals surface area contributed by atoms with E-state index in [1.807, 2.05) is 31.2 Å². The smallest absolute Gasteiger partial charge is 0.272 e. The van der Waals surface area contributed by atoms with Gasteiger partial charge in [-0.25, -0.2) is 9.37 Å². The standard InChI is InChI=1S/C25H23FN6O2/c1-3-12-34-21-7-5-4-6-18(21)19-13-22(33)29-24-23(19)15(2)31-32(24)25-28-20(14-27-30-25)16-8-10-17(26)11-9-16/h4-11,14,19H,3,12-13H2,1-2H3,(H,29,33)/t19-/m1/s1. The second-order valence-electron chi connectivity index (χ2n) is 8.10. The largest absolute Gasteiger partial charge is 0.493 e. The molecule has 0 aliphatic carbocycles. The van der Waals surface area contributed by atoms with Crippen LogP contribution in [0.3, 0.4) is 0 Å². The van der Waals surface area contributed by atoms with Crippen molar-refractivity contribution in [2.45, 2.75) is 32.6 Å². The molecule has 2 aromatic carbocycles. The average Bonchev–Trinajstić information content (AvgIpc) is 3.19. The number of fused-ring (bicyclic) bond motifs is 1. The summed E-state index contributed by atoms with van der Waals surface area (Å²) in [7, 11) is 0. The molecule has 0 saturated carbocycles. The number of hydrogen-bond donors (Lipinski definition) is 1. The number of rotatable bonds is 6. The van der Waals surface area contributed by atoms with Crippen LogP contribution in [0, 0.1) is 12.7 Å². The number of anilines is 1. The van der Waals surface area contributed by atoms with Crippen LogP contribution in [-0.4, -0.2) is 37.5 Å². The number of benzene rings is 2. The SMILES string of the molecule is CCCOc1ccccc1[C@H]1CC(=O)Nc2c1c(C)nn2-c1nncc(-c2ccc(F)cc2)n1. The van der Waals surface area contributed by atoms with Crippen LogP contribution in [0.1, 0.15) is 42.5 Å². The Kier molecular flexibility index (Phi) is 5.75. The van der Waals surface area contributed by atoms with E-state index in [1.165, 1.54) is 23.0 Å². The first-order valence-electron chi connectivity index (χ1n) is 11.1. The second-order valence-corrected chi connectivity index (χ2v) is 8.10. The zero-order valence-corrected chi connectivity index (χ0v) is 18.8. The average molecular weight is 458 g/mol. The lowest BCUT2D eigenvalue weighted by Gasteiger charge is -2.25. The molecule has 34 heavy (non-hydrogen) atoms. The topological polar surface area (TPSA) is 94.8 Å². The molecule has 8 nitrogen and oxygen atoms in total. The third-order valence-corrected chi connectivity index (χ3v) is 5.74.